The molecule has 102 valence electrons. The van der Waals surface area contributed by atoms with Crippen LogP contribution in [0.15, 0.2) is 40.4 Å². The summed E-state index contributed by atoms with van der Waals surface area (Å²) in [7, 11) is 0. The van der Waals surface area contributed by atoms with Gasteiger partial charge >= 0.3 is 0 Å². The highest BCUT2D eigenvalue weighted by Gasteiger charge is 2.31. The summed E-state index contributed by atoms with van der Waals surface area (Å²) in [6.45, 7) is 4.15. The minimum absolute atomic E-state index is 0.0755. The van der Waals surface area contributed by atoms with Crippen LogP contribution in [0.3, 0.4) is 0 Å². The van der Waals surface area contributed by atoms with Crippen molar-refractivity contribution in [1.82, 2.24) is 0 Å². The SMILES string of the molecule is CC(C)N=C(c1ccccc1)C(Cl)(Cl)CCN=[N+]=[N-]. The Morgan fingerprint density at radius 3 is 2.47 bits per heavy atom. The molecule has 1 rings (SSSR count). The van der Waals surface area contributed by atoms with Gasteiger partial charge < -0.3 is 0 Å². The first kappa shape index (κ1) is 15.8. The van der Waals surface area contributed by atoms with Crippen LogP contribution in [-0.4, -0.2) is 22.6 Å². The first-order chi connectivity index (χ1) is 8.97. The second kappa shape index (κ2) is 7.39. The summed E-state index contributed by atoms with van der Waals surface area (Å²) in [5.74, 6) is 0. The van der Waals surface area contributed by atoms with E-state index in [1.54, 1.807) is 0 Å². The molecule has 4 nitrogen and oxygen atoms in total. The van der Waals surface area contributed by atoms with Gasteiger partial charge in [0.05, 0.1) is 5.71 Å². The minimum atomic E-state index is -1.17. The van der Waals surface area contributed by atoms with Crippen molar-refractivity contribution in [3.8, 4) is 0 Å². The molecule has 6 heteroatoms. The monoisotopic (exact) mass is 298 g/mol. The van der Waals surface area contributed by atoms with Gasteiger partial charge in [0.2, 0.25) is 0 Å². The van der Waals surface area contributed by atoms with E-state index in [0.717, 1.165) is 5.56 Å². The van der Waals surface area contributed by atoms with Gasteiger partial charge in [-0.3, -0.25) is 4.99 Å². The largest absolute Gasteiger partial charge is 0.283 e. The van der Waals surface area contributed by atoms with Crippen molar-refractivity contribution >= 4 is 28.9 Å². The first-order valence-corrected chi connectivity index (χ1v) is 6.75. The maximum absolute atomic E-state index is 8.31. The summed E-state index contributed by atoms with van der Waals surface area (Å²) in [6, 6.07) is 9.63. The Morgan fingerprint density at radius 2 is 1.95 bits per heavy atom. The summed E-state index contributed by atoms with van der Waals surface area (Å²) in [6.07, 6.45) is 0.320. The average Bonchev–Trinajstić information content (AvgIpc) is 2.37. The van der Waals surface area contributed by atoms with Crippen LogP contribution < -0.4 is 0 Å². The van der Waals surface area contributed by atoms with E-state index in [2.05, 4.69) is 15.0 Å². The molecule has 0 unspecified atom stereocenters. The van der Waals surface area contributed by atoms with E-state index in [9.17, 15) is 0 Å². The number of rotatable bonds is 6. The highest BCUT2D eigenvalue weighted by Crippen LogP contribution is 2.31. The lowest BCUT2D eigenvalue weighted by molar-refractivity contribution is 0.795. The number of benzene rings is 1. The molecule has 0 aliphatic rings. The molecule has 0 saturated heterocycles. The molecule has 0 fully saturated rings. The van der Waals surface area contributed by atoms with Gasteiger partial charge in [0, 0.05) is 17.5 Å². The van der Waals surface area contributed by atoms with Gasteiger partial charge in [-0.2, -0.15) is 0 Å². The molecule has 0 saturated carbocycles. The number of hydrogen-bond donors (Lipinski definition) is 0. The molecule has 0 aliphatic carbocycles. The van der Waals surface area contributed by atoms with Crippen LogP contribution in [-0.2, 0) is 0 Å². The van der Waals surface area contributed by atoms with Crippen LogP contribution in [0, 0.1) is 0 Å². The third-order valence-corrected chi connectivity index (χ3v) is 3.11. The molecule has 0 bridgehead atoms. The lowest BCUT2D eigenvalue weighted by Gasteiger charge is -2.22. The number of aliphatic imine (C=N–C) groups is 1. The van der Waals surface area contributed by atoms with Crippen LogP contribution in [0.1, 0.15) is 25.8 Å². The number of hydrogen-bond acceptors (Lipinski definition) is 2. The normalized spacial score (nSPS) is 12.4. The molecular weight excluding hydrogens is 283 g/mol. The van der Waals surface area contributed by atoms with Crippen LogP contribution in [0.2, 0.25) is 0 Å². The molecule has 19 heavy (non-hydrogen) atoms. The lowest BCUT2D eigenvalue weighted by Crippen LogP contribution is -2.29. The Bertz CT molecular complexity index is 477. The van der Waals surface area contributed by atoms with Crippen molar-refractivity contribution in [2.24, 2.45) is 10.1 Å². The third kappa shape index (κ3) is 5.11. The summed E-state index contributed by atoms with van der Waals surface area (Å²) in [5, 5.41) is 3.47. The molecule has 0 N–H and O–H groups in total. The van der Waals surface area contributed by atoms with E-state index in [1.807, 2.05) is 44.2 Å². The maximum atomic E-state index is 8.31. The molecule has 0 aliphatic heterocycles. The van der Waals surface area contributed by atoms with Gasteiger partial charge in [0.15, 0.2) is 4.33 Å². The molecular formula is C13H16Cl2N4. The van der Waals surface area contributed by atoms with E-state index >= 15 is 0 Å². The Morgan fingerprint density at radius 1 is 1.32 bits per heavy atom. The van der Waals surface area contributed by atoms with Crippen molar-refractivity contribution in [2.45, 2.75) is 30.6 Å². The summed E-state index contributed by atoms with van der Waals surface area (Å²) < 4.78 is -1.17. The Balaban J connectivity index is 3.07. The topological polar surface area (TPSA) is 61.1 Å². The second-order valence-electron chi connectivity index (χ2n) is 4.35. The molecule has 0 heterocycles. The van der Waals surface area contributed by atoms with E-state index in [0.29, 0.717) is 12.1 Å². The number of nitrogens with zero attached hydrogens (tertiary/aromatic N) is 4. The molecule has 0 atom stereocenters. The fourth-order valence-electron chi connectivity index (χ4n) is 1.59. The first-order valence-electron chi connectivity index (χ1n) is 5.99. The number of halogens is 2. The Hall–Kier alpha value is -1.22. The zero-order chi connectivity index (χ0) is 14.3. The zero-order valence-corrected chi connectivity index (χ0v) is 12.4. The molecule has 0 amide bonds. The molecule has 1 aromatic rings. The minimum Gasteiger partial charge on any atom is -0.283 e. The van der Waals surface area contributed by atoms with Crippen molar-refractivity contribution in [1.29, 1.82) is 0 Å². The van der Waals surface area contributed by atoms with Gasteiger partial charge in [-0.25, -0.2) is 0 Å². The second-order valence-corrected chi connectivity index (χ2v) is 5.83. The van der Waals surface area contributed by atoms with Gasteiger partial charge in [-0.15, -0.1) is 0 Å². The number of azide groups is 1. The van der Waals surface area contributed by atoms with Crippen molar-refractivity contribution in [2.75, 3.05) is 6.54 Å². The standard InChI is InChI=1S/C13H16Cl2N4/c1-10(2)18-12(11-6-4-3-5-7-11)13(14,15)8-9-17-19-16/h3-7,10H,8-9H2,1-2H3. The maximum Gasteiger partial charge on any atom is 0.160 e. The zero-order valence-electron chi connectivity index (χ0n) is 10.9. The Kier molecular flexibility index (Phi) is 6.16. The summed E-state index contributed by atoms with van der Waals surface area (Å²) in [5.41, 5.74) is 9.79. The van der Waals surface area contributed by atoms with Gasteiger partial charge in [0.25, 0.3) is 0 Å². The van der Waals surface area contributed by atoms with E-state index in [1.165, 1.54) is 0 Å². The Labute approximate surface area is 123 Å². The fraction of sp³-hybridized carbons (Fsp3) is 0.462. The van der Waals surface area contributed by atoms with Crippen LogP contribution in [0.4, 0.5) is 0 Å². The van der Waals surface area contributed by atoms with E-state index < -0.39 is 4.33 Å². The van der Waals surface area contributed by atoms with Crippen LogP contribution >= 0.6 is 23.2 Å². The van der Waals surface area contributed by atoms with Gasteiger partial charge in [0.1, 0.15) is 0 Å². The van der Waals surface area contributed by atoms with Gasteiger partial charge in [-0.1, -0.05) is 58.6 Å². The van der Waals surface area contributed by atoms with Gasteiger partial charge in [-0.05, 0) is 31.4 Å². The third-order valence-electron chi connectivity index (χ3n) is 2.37. The molecule has 1 aromatic carbocycles. The molecule has 0 aromatic heterocycles. The van der Waals surface area contributed by atoms with Crippen LogP contribution in [0.25, 0.3) is 10.4 Å². The van der Waals surface area contributed by atoms with E-state index in [4.69, 9.17) is 28.7 Å². The summed E-state index contributed by atoms with van der Waals surface area (Å²) in [4.78, 5) is 7.22. The highest BCUT2D eigenvalue weighted by atomic mass is 35.5. The summed E-state index contributed by atoms with van der Waals surface area (Å²) >= 11 is 12.7. The van der Waals surface area contributed by atoms with E-state index in [-0.39, 0.29) is 12.6 Å². The average molecular weight is 299 g/mol. The molecule has 0 spiro atoms. The number of alkyl halides is 2. The smallest absolute Gasteiger partial charge is 0.160 e. The van der Waals surface area contributed by atoms with Crippen molar-refractivity contribution in [3.05, 3.63) is 46.3 Å². The lowest BCUT2D eigenvalue weighted by atomic mass is 10.0. The van der Waals surface area contributed by atoms with Crippen molar-refractivity contribution < 1.29 is 0 Å². The molecule has 0 radical (unpaired) electrons. The van der Waals surface area contributed by atoms with Crippen LogP contribution in [0.5, 0.6) is 0 Å². The quantitative estimate of drug-likeness (QED) is 0.239. The highest BCUT2D eigenvalue weighted by molar-refractivity contribution is 6.60. The fourth-order valence-corrected chi connectivity index (χ4v) is 2.07. The predicted octanol–water partition coefficient (Wildman–Crippen LogP) is 4.76. The predicted molar refractivity (Wildman–Crippen MR) is 81.2 cm³/mol. The van der Waals surface area contributed by atoms with Crippen molar-refractivity contribution in [3.63, 3.8) is 0 Å².